The first-order valence-electron chi connectivity index (χ1n) is 5.51. The van der Waals surface area contributed by atoms with E-state index in [2.05, 4.69) is 17.0 Å². The van der Waals surface area contributed by atoms with Gasteiger partial charge in [-0.2, -0.15) is 0 Å². The van der Waals surface area contributed by atoms with Gasteiger partial charge in [0, 0.05) is 18.7 Å². The molecule has 0 aliphatic heterocycles. The van der Waals surface area contributed by atoms with Gasteiger partial charge in [-0.15, -0.1) is 0 Å². The van der Waals surface area contributed by atoms with Crippen LogP contribution < -0.4 is 5.32 Å². The summed E-state index contributed by atoms with van der Waals surface area (Å²) in [4.78, 5) is 11.3. The van der Waals surface area contributed by atoms with Crippen molar-refractivity contribution in [2.24, 2.45) is 5.92 Å². The van der Waals surface area contributed by atoms with Gasteiger partial charge >= 0.3 is 5.97 Å². The molecule has 0 saturated carbocycles. The van der Waals surface area contributed by atoms with E-state index in [0.29, 0.717) is 6.42 Å². The second kappa shape index (κ2) is 7.65. The number of aliphatic hydroxyl groups excluding tert-OH is 1. The Bertz CT molecular complexity index is 185. The van der Waals surface area contributed by atoms with Crippen LogP contribution in [0.4, 0.5) is 0 Å². The Balaban J connectivity index is 4.08. The van der Waals surface area contributed by atoms with Crippen molar-refractivity contribution in [3.05, 3.63) is 0 Å². The molecule has 0 amide bonds. The van der Waals surface area contributed by atoms with E-state index in [1.165, 1.54) is 7.11 Å². The summed E-state index contributed by atoms with van der Waals surface area (Å²) in [5.74, 6) is -0.364. The number of nitrogens with one attached hydrogen (secondary N) is 1. The number of carbonyl (C=O) groups is 1. The SMILES string of the molecule is CCC(CCO)NC(C)C(C)C(=O)OC. The molecule has 0 aromatic carbocycles. The van der Waals surface area contributed by atoms with Gasteiger partial charge in [0.05, 0.1) is 13.0 Å². The van der Waals surface area contributed by atoms with Gasteiger partial charge in [0.25, 0.3) is 0 Å². The quantitative estimate of drug-likeness (QED) is 0.623. The highest BCUT2D eigenvalue weighted by Crippen LogP contribution is 2.08. The Morgan fingerprint density at radius 2 is 2.07 bits per heavy atom. The second-order valence-corrected chi connectivity index (χ2v) is 3.88. The summed E-state index contributed by atoms with van der Waals surface area (Å²) < 4.78 is 4.68. The van der Waals surface area contributed by atoms with Gasteiger partial charge in [-0.3, -0.25) is 4.79 Å². The van der Waals surface area contributed by atoms with E-state index in [4.69, 9.17) is 5.11 Å². The lowest BCUT2D eigenvalue weighted by molar-refractivity contribution is -0.145. The van der Waals surface area contributed by atoms with Gasteiger partial charge in [0.2, 0.25) is 0 Å². The van der Waals surface area contributed by atoms with Crippen LogP contribution in [0.1, 0.15) is 33.6 Å². The van der Waals surface area contributed by atoms with Crippen molar-refractivity contribution in [2.75, 3.05) is 13.7 Å². The highest BCUT2D eigenvalue weighted by molar-refractivity contribution is 5.72. The molecule has 0 aromatic heterocycles. The van der Waals surface area contributed by atoms with Crippen LogP contribution in [0.2, 0.25) is 0 Å². The molecule has 0 bridgehead atoms. The third-order valence-electron chi connectivity index (χ3n) is 2.79. The minimum absolute atomic E-state index is 0.0638. The van der Waals surface area contributed by atoms with Crippen LogP contribution in [0.25, 0.3) is 0 Å². The second-order valence-electron chi connectivity index (χ2n) is 3.88. The molecule has 3 atom stereocenters. The third-order valence-corrected chi connectivity index (χ3v) is 2.79. The number of aliphatic hydroxyl groups is 1. The molecule has 0 fully saturated rings. The van der Waals surface area contributed by atoms with Gasteiger partial charge in [-0.25, -0.2) is 0 Å². The van der Waals surface area contributed by atoms with E-state index >= 15 is 0 Å². The normalized spacial score (nSPS) is 16.9. The molecule has 0 heterocycles. The van der Waals surface area contributed by atoms with E-state index in [9.17, 15) is 4.79 Å². The molecule has 0 aromatic rings. The molecular formula is C11H23NO3. The van der Waals surface area contributed by atoms with Gasteiger partial charge in [-0.05, 0) is 19.8 Å². The van der Waals surface area contributed by atoms with Gasteiger partial charge in [0.1, 0.15) is 0 Å². The number of methoxy groups -OCH3 is 1. The molecule has 3 unspecified atom stereocenters. The molecule has 90 valence electrons. The highest BCUT2D eigenvalue weighted by Gasteiger charge is 2.22. The standard InChI is InChI=1S/C11H23NO3/c1-5-10(6-7-13)12-9(3)8(2)11(14)15-4/h8-10,12-13H,5-7H2,1-4H3. The zero-order valence-corrected chi connectivity index (χ0v) is 10.1. The molecule has 4 nitrogen and oxygen atoms in total. The third kappa shape index (κ3) is 5.14. The molecule has 0 spiro atoms. The van der Waals surface area contributed by atoms with Crippen molar-refractivity contribution in [1.82, 2.24) is 5.32 Å². The maximum absolute atomic E-state index is 11.3. The number of ether oxygens (including phenoxy) is 1. The number of rotatable bonds is 7. The van der Waals surface area contributed by atoms with Crippen molar-refractivity contribution < 1.29 is 14.6 Å². The number of carbonyl (C=O) groups excluding carboxylic acids is 1. The topological polar surface area (TPSA) is 58.6 Å². The summed E-state index contributed by atoms with van der Waals surface area (Å²) in [7, 11) is 1.40. The lowest BCUT2D eigenvalue weighted by Gasteiger charge is -2.25. The number of hydrogen-bond acceptors (Lipinski definition) is 4. The molecule has 2 N–H and O–H groups in total. The molecule has 4 heteroatoms. The first-order chi connectivity index (χ1) is 7.06. The minimum atomic E-state index is -0.200. The molecule has 15 heavy (non-hydrogen) atoms. The molecule has 0 aliphatic rings. The van der Waals surface area contributed by atoms with Crippen LogP contribution in [-0.2, 0) is 9.53 Å². The summed E-state index contributed by atoms with van der Waals surface area (Å²) in [6, 6.07) is 0.325. The zero-order valence-electron chi connectivity index (χ0n) is 10.1. The van der Waals surface area contributed by atoms with E-state index in [1.807, 2.05) is 13.8 Å². The fourth-order valence-electron chi connectivity index (χ4n) is 1.47. The average Bonchev–Trinajstić information content (AvgIpc) is 2.26. The minimum Gasteiger partial charge on any atom is -0.469 e. The largest absolute Gasteiger partial charge is 0.469 e. The van der Waals surface area contributed by atoms with Crippen LogP contribution in [0, 0.1) is 5.92 Å². The van der Waals surface area contributed by atoms with E-state index in [-0.39, 0.29) is 30.6 Å². The van der Waals surface area contributed by atoms with Crippen LogP contribution in [0.3, 0.4) is 0 Å². The van der Waals surface area contributed by atoms with Crippen molar-refractivity contribution >= 4 is 5.97 Å². The molecule has 0 aliphatic carbocycles. The summed E-state index contributed by atoms with van der Waals surface area (Å²) in [6.07, 6.45) is 1.66. The van der Waals surface area contributed by atoms with E-state index < -0.39 is 0 Å². The fourth-order valence-corrected chi connectivity index (χ4v) is 1.47. The zero-order chi connectivity index (χ0) is 11.8. The van der Waals surface area contributed by atoms with Gasteiger partial charge in [-0.1, -0.05) is 13.8 Å². The first kappa shape index (κ1) is 14.4. The van der Waals surface area contributed by atoms with Gasteiger partial charge < -0.3 is 15.2 Å². The van der Waals surface area contributed by atoms with Crippen LogP contribution >= 0.6 is 0 Å². The predicted octanol–water partition coefficient (Wildman–Crippen LogP) is 0.935. The smallest absolute Gasteiger partial charge is 0.309 e. The first-order valence-corrected chi connectivity index (χ1v) is 5.51. The molecule has 0 radical (unpaired) electrons. The van der Waals surface area contributed by atoms with E-state index in [0.717, 1.165) is 6.42 Å². The Kier molecular flexibility index (Phi) is 7.34. The monoisotopic (exact) mass is 217 g/mol. The van der Waals surface area contributed by atoms with Crippen molar-refractivity contribution in [3.63, 3.8) is 0 Å². The lowest BCUT2D eigenvalue weighted by atomic mass is 10.0. The Morgan fingerprint density at radius 3 is 2.47 bits per heavy atom. The summed E-state index contributed by atoms with van der Waals surface area (Å²) in [6.45, 7) is 6.03. The fraction of sp³-hybridized carbons (Fsp3) is 0.909. The van der Waals surface area contributed by atoms with Crippen LogP contribution in [0.15, 0.2) is 0 Å². The average molecular weight is 217 g/mol. The Hall–Kier alpha value is -0.610. The highest BCUT2D eigenvalue weighted by atomic mass is 16.5. The number of hydrogen-bond donors (Lipinski definition) is 2. The Morgan fingerprint density at radius 1 is 1.47 bits per heavy atom. The van der Waals surface area contributed by atoms with Crippen LogP contribution in [0.5, 0.6) is 0 Å². The van der Waals surface area contributed by atoms with E-state index in [1.54, 1.807) is 0 Å². The number of esters is 1. The van der Waals surface area contributed by atoms with Crippen molar-refractivity contribution in [3.8, 4) is 0 Å². The predicted molar refractivity (Wildman–Crippen MR) is 59.6 cm³/mol. The van der Waals surface area contributed by atoms with Gasteiger partial charge in [0.15, 0.2) is 0 Å². The summed E-state index contributed by atoms with van der Waals surface area (Å²) in [5.41, 5.74) is 0. The summed E-state index contributed by atoms with van der Waals surface area (Å²) >= 11 is 0. The molecule has 0 saturated heterocycles. The molecular weight excluding hydrogens is 194 g/mol. The van der Waals surface area contributed by atoms with Crippen LogP contribution in [-0.4, -0.2) is 36.9 Å². The summed E-state index contributed by atoms with van der Waals surface area (Å²) in [5, 5.41) is 12.2. The maximum atomic E-state index is 11.3. The Labute approximate surface area is 92.0 Å². The molecule has 0 rings (SSSR count). The van der Waals surface area contributed by atoms with Crippen molar-refractivity contribution in [2.45, 2.75) is 45.7 Å². The lowest BCUT2D eigenvalue weighted by Crippen LogP contribution is -2.43. The maximum Gasteiger partial charge on any atom is 0.309 e. The van der Waals surface area contributed by atoms with Crippen molar-refractivity contribution in [1.29, 1.82) is 0 Å².